The van der Waals surface area contributed by atoms with Crippen molar-refractivity contribution in [3.8, 4) is 6.07 Å². The van der Waals surface area contributed by atoms with Gasteiger partial charge in [0.05, 0.1) is 6.07 Å². The van der Waals surface area contributed by atoms with Crippen molar-refractivity contribution in [2.24, 2.45) is 11.3 Å². The summed E-state index contributed by atoms with van der Waals surface area (Å²) in [6.07, 6.45) is 5.06. The Morgan fingerprint density at radius 3 is 2.36 bits per heavy atom. The van der Waals surface area contributed by atoms with Gasteiger partial charge < -0.3 is 10.2 Å². The summed E-state index contributed by atoms with van der Waals surface area (Å²) < 4.78 is 0. The van der Waals surface area contributed by atoms with Crippen LogP contribution in [-0.2, 0) is 9.59 Å². The van der Waals surface area contributed by atoms with Crippen LogP contribution in [0.1, 0.15) is 0 Å². The minimum absolute atomic E-state index is 1.09. The third-order valence-corrected chi connectivity index (χ3v) is 2.07. The Labute approximate surface area is 79.6 Å². The largest absolute Gasteiger partial charge is 0.481 e. The maximum Gasteiger partial charge on any atom is 0.329 e. The molecule has 1 aliphatic rings. The fourth-order valence-electron chi connectivity index (χ4n) is 1.27. The number of carboxylic acids is 2. The van der Waals surface area contributed by atoms with Crippen LogP contribution < -0.4 is 0 Å². The van der Waals surface area contributed by atoms with Crippen molar-refractivity contribution >= 4 is 11.9 Å². The van der Waals surface area contributed by atoms with Crippen molar-refractivity contribution < 1.29 is 19.8 Å². The van der Waals surface area contributed by atoms with Gasteiger partial charge in [0.15, 0.2) is 5.41 Å². The van der Waals surface area contributed by atoms with E-state index in [0.717, 1.165) is 6.08 Å². The Bertz CT molecular complexity index is 377. The SMILES string of the molecule is N#CC1(C(=O)O)C=CC=CC1C(=O)O. The molecule has 5 heteroatoms. The number of hydrogen-bond acceptors (Lipinski definition) is 3. The Morgan fingerprint density at radius 1 is 1.36 bits per heavy atom. The zero-order valence-electron chi connectivity index (χ0n) is 7.04. The highest BCUT2D eigenvalue weighted by molar-refractivity contribution is 5.89. The molecular formula is C9H7NO4. The molecule has 1 aliphatic carbocycles. The van der Waals surface area contributed by atoms with Crippen LogP contribution in [-0.4, -0.2) is 22.2 Å². The standard InChI is InChI=1S/C9H7NO4/c10-5-9(8(13)14)4-2-1-3-6(9)7(11)12/h1-4,6H,(H,11,12)(H,13,14). The molecule has 0 aliphatic heterocycles. The molecule has 2 atom stereocenters. The van der Waals surface area contributed by atoms with Gasteiger partial charge in [0, 0.05) is 0 Å². The van der Waals surface area contributed by atoms with Gasteiger partial charge >= 0.3 is 11.9 Å². The smallest absolute Gasteiger partial charge is 0.329 e. The zero-order chi connectivity index (χ0) is 10.8. The van der Waals surface area contributed by atoms with E-state index in [9.17, 15) is 9.59 Å². The summed E-state index contributed by atoms with van der Waals surface area (Å²) in [6.45, 7) is 0. The summed E-state index contributed by atoms with van der Waals surface area (Å²) in [5.41, 5.74) is -1.99. The zero-order valence-corrected chi connectivity index (χ0v) is 7.04. The van der Waals surface area contributed by atoms with Crippen LogP contribution in [0.4, 0.5) is 0 Å². The third-order valence-electron chi connectivity index (χ3n) is 2.07. The van der Waals surface area contributed by atoms with E-state index in [2.05, 4.69) is 0 Å². The average Bonchev–Trinajstić information content (AvgIpc) is 2.17. The highest BCUT2D eigenvalue weighted by Crippen LogP contribution is 2.33. The molecule has 2 unspecified atom stereocenters. The number of carbonyl (C=O) groups is 2. The van der Waals surface area contributed by atoms with Crippen molar-refractivity contribution in [1.29, 1.82) is 5.26 Å². The molecule has 72 valence electrons. The summed E-state index contributed by atoms with van der Waals surface area (Å²) in [5, 5.41) is 26.3. The van der Waals surface area contributed by atoms with Gasteiger partial charge in [-0.15, -0.1) is 0 Å². The lowest BCUT2D eigenvalue weighted by Crippen LogP contribution is -2.40. The van der Waals surface area contributed by atoms with Crippen LogP contribution in [0.25, 0.3) is 0 Å². The highest BCUT2D eigenvalue weighted by atomic mass is 16.4. The summed E-state index contributed by atoms with van der Waals surface area (Å²) in [4.78, 5) is 21.6. The summed E-state index contributed by atoms with van der Waals surface area (Å²) in [5.74, 6) is -4.11. The molecule has 0 fully saturated rings. The lowest BCUT2D eigenvalue weighted by Gasteiger charge is -2.24. The van der Waals surface area contributed by atoms with E-state index in [1.165, 1.54) is 24.3 Å². The van der Waals surface area contributed by atoms with E-state index in [0.29, 0.717) is 0 Å². The first-order valence-corrected chi connectivity index (χ1v) is 3.78. The Balaban J connectivity index is 3.24. The summed E-state index contributed by atoms with van der Waals surface area (Å²) in [6, 6.07) is 1.53. The van der Waals surface area contributed by atoms with Gasteiger partial charge in [-0.2, -0.15) is 5.26 Å². The number of allylic oxidation sites excluding steroid dienone is 2. The second-order valence-corrected chi connectivity index (χ2v) is 2.85. The van der Waals surface area contributed by atoms with Gasteiger partial charge in [-0.1, -0.05) is 24.3 Å². The summed E-state index contributed by atoms with van der Waals surface area (Å²) in [7, 11) is 0. The molecule has 0 aromatic carbocycles. The van der Waals surface area contributed by atoms with Crippen molar-refractivity contribution in [2.45, 2.75) is 0 Å². The first-order chi connectivity index (χ1) is 6.54. The van der Waals surface area contributed by atoms with Crippen LogP contribution >= 0.6 is 0 Å². The van der Waals surface area contributed by atoms with Gasteiger partial charge in [-0.25, -0.2) is 0 Å². The fraction of sp³-hybridized carbons (Fsp3) is 0.222. The van der Waals surface area contributed by atoms with Crippen LogP contribution in [0.5, 0.6) is 0 Å². The molecule has 2 N–H and O–H groups in total. The number of rotatable bonds is 2. The minimum atomic E-state index is -1.99. The van der Waals surface area contributed by atoms with E-state index in [1.54, 1.807) is 0 Å². The van der Waals surface area contributed by atoms with E-state index in [1.807, 2.05) is 0 Å². The van der Waals surface area contributed by atoms with Crippen molar-refractivity contribution in [3.63, 3.8) is 0 Å². The van der Waals surface area contributed by atoms with Crippen molar-refractivity contribution in [2.75, 3.05) is 0 Å². The number of aliphatic carboxylic acids is 2. The minimum Gasteiger partial charge on any atom is -0.481 e. The van der Waals surface area contributed by atoms with Gasteiger partial charge in [0.2, 0.25) is 0 Å². The maximum absolute atomic E-state index is 10.9. The molecule has 0 saturated heterocycles. The normalized spacial score (nSPS) is 29.5. The van der Waals surface area contributed by atoms with Crippen molar-refractivity contribution in [3.05, 3.63) is 24.3 Å². The topological polar surface area (TPSA) is 98.4 Å². The van der Waals surface area contributed by atoms with E-state index < -0.39 is 23.3 Å². The molecule has 0 aromatic rings. The van der Waals surface area contributed by atoms with E-state index >= 15 is 0 Å². The molecule has 0 spiro atoms. The number of nitrogens with zero attached hydrogens (tertiary/aromatic N) is 1. The quantitative estimate of drug-likeness (QED) is 0.661. The molecule has 0 heterocycles. The second-order valence-electron chi connectivity index (χ2n) is 2.85. The monoisotopic (exact) mass is 193 g/mol. The van der Waals surface area contributed by atoms with Crippen molar-refractivity contribution in [1.82, 2.24) is 0 Å². The Kier molecular flexibility index (Phi) is 2.38. The van der Waals surface area contributed by atoms with Crippen LogP contribution in [0.15, 0.2) is 24.3 Å². The van der Waals surface area contributed by atoms with Gasteiger partial charge in [0.1, 0.15) is 5.92 Å². The van der Waals surface area contributed by atoms with Crippen LogP contribution in [0.2, 0.25) is 0 Å². The molecule has 14 heavy (non-hydrogen) atoms. The van der Waals surface area contributed by atoms with Gasteiger partial charge in [0.25, 0.3) is 0 Å². The van der Waals surface area contributed by atoms with Gasteiger partial charge in [-0.05, 0) is 0 Å². The van der Waals surface area contributed by atoms with Gasteiger partial charge in [-0.3, -0.25) is 9.59 Å². The molecule has 5 nitrogen and oxygen atoms in total. The number of carboxylic acid groups (broad SMARTS) is 2. The number of hydrogen-bond donors (Lipinski definition) is 2. The third kappa shape index (κ3) is 1.27. The Hall–Kier alpha value is -2.09. The summed E-state index contributed by atoms with van der Waals surface area (Å²) >= 11 is 0. The molecule has 0 aromatic heterocycles. The Morgan fingerprint density at radius 2 is 2.00 bits per heavy atom. The fourth-order valence-corrected chi connectivity index (χ4v) is 1.27. The molecular weight excluding hydrogens is 186 g/mol. The average molecular weight is 193 g/mol. The number of nitriles is 1. The second kappa shape index (κ2) is 3.34. The molecule has 0 saturated carbocycles. The lowest BCUT2D eigenvalue weighted by molar-refractivity contribution is -0.153. The predicted molar refractivity (Wildman–Crippen MR) is 45.1 cm³/mol. The molecule has 0 bridgehead atoms. The van der Waals surface area contributed by atoms with Crippen LogP contribution in [0.3, 0.4) is 0 Å². The van der Waals surface area contributed by atoms with E-state index in [-0.39, 0.29) is 0 Å². The van der Waals surface area contributed by atoms with E-state index in [4.69, 9.17) is 15.5 Å². The first-order valence-electron chi connectivity index (χ1n) is 3.78. The molecule has 0 radical (unpaired) electrons. The molecule has 1 rings (SSSR count). The first kappa shape index (κ1) is 9.99. The lowest BCUT2D eigenvalue weighted by atomic mass is 9.74. The van der Waals surface area contributed by atoms with Crippen LogP contribution in [0, 0.1) is 22.7 Å². The predicted octanol–water partition coefficient (Wildman–Crippen LogP) is 0.408. The molecule has 0 amide bonds. The highest BCUT2D eigenvalue weighted by Gasteiger charge is 2.48. The maximum atomic E-state index is 10.9.